The zero-order valence-electron chi connectivity index (χ0n) is 65.6. The summed E-state index contributed by atoms with van der Waals surface area (Å²) < 4.78 is 0. The molecule has 0 aliphatic carbocycles. The first-order chi connectivity index (χ1) is 52.3. The van der Waals surface area contributed by atoms with Crippen molar-refractivity contribution in [3.63, 3.8) is 0 Å². The van der Waals surface area contributed by atoms with Gasteiger partial charge in [0.05, 0.1) is 0 Å². The Hall–Kier alpha value is -10.3. The molecule has 0 amide bonds. The maximum Gasteiger partial charge on any atom is 2.00 e. The van der Waals surface area contributed by atoms with Crippen molar-refractivity contribution in [2.45, 2.75) is 126 Å². The number of hydrogen-bond donors (Lipinski definition) is 0. The Morgan fingerprint density at radius 2 is 0.670 bits per heavy atom. The molecule has 0 saturated carbocycles. The molecule has 0 spiro atoms. The fraction of sp³-hybridized carbons (Fsp3) is 0.192. The summed E-state index contributed by atoms with van der Waals surface area (Å²) in [4.78, 5) is 44.3. The summed E-state index contributed by atoms with van der Waals surface area (Å²) in [5, 5.41) is 6.61. The molecular weight excluding hydrogens is 1910 g/mol. The molecule has 0 unspecified atom stereocenters. The van der Waals surface area contributed by atoms with Gasteiger partial charge in [0.1, 0.15) is 25.3 Å². The quantitative estimate of drug-likeness (QED) is 0.122. The van der Waals surface area contributed by atoms with Crippen LogP contribution in [0.1, 0.15) is 122 Å². The van der Waals surface area contributed by atoms with Gasteiger partial charge < -0.3 is 0 Å². The Bertz CT molecular complexity index is 6040. The molecule has 0 aliphatic heterocycles. The van der Waals surface area contributed by atoms with E-state index in [4.69, 9.17) is 9.97 Å². The Kier molecular flexibility index (Phi) is 25.6. The van der Waals surface area contributed by atoms with Crippen LogP contribution in [0.15, 0.2) is 250 Å². The van der Waals surface area contributed by atoms with Crippen LogP contribution >= 0.6 is 0 Å². The van der Waals surface area contributed by atoms with Crippen LogP contribution < -0.4 is 0 Å². The van der Waals surface area contributed by atoms with Crippen LogP contribution in [0.3, 0.4) is 0 Å². The van der Waals surface area contributed by atoms with Crippen molar-refractivity contribution in [3.05, 3.63) is 326 Å². The second kappa shape index (κ2) is 34.7. The van der Waals surface area contributed by atoms with Crippen LogP contribution in [0.25, 0.3) is 144 Å². The minimum absolute atomic E-state index is 0. The van der Waals surface area contributed by atoms with Gasteiger partial charge in [0, 0.05) is 81.2 Å². The number of benzene rings is 10. The SMILES string of the molecule is CC(C)(C)c1cc(-c2[c-]c(-c3cccc4ccc(-c5cc(C(C)(C)C)ncn5)[c-]c34)ccc2)ncn1.Cc1cc(C)c(-c2ccnc(-c3[c-]c4c(-c5[c-]c(-c6cc(C(C)(C)C)ccn6)ccc5)cccc4c(C(C)(C)C)c3)c2)cc1C.[Pt+2].[Pt+2].[Pt+2].[c-]1c(-c2ccncn2)cccc1-c1cccc2ccc(-c3ccncn3)[c-]c12. The molecule has 112 heavy (non-hydrogen) atoms. The molecule has 16 rings (SSSR count). The van der Waals surface area contributed by atoms with E-state index in [2.05, 4.69) is 344 Å². The number of fused-ring (bicyclic) bond motifs is 3. The molecule has 0 atom stereocenters. The molecule has 6 heterocycles. The van der Waals surface area contributed by atoms with Crippen LogP contribution in [0.5, 0.6) is 0 Å². The maximum absolute atomic E-state index is 4.87. The predicted molar refractivity (Wildman–Crippen MR) is 446 cm³/mol. The normalized spacial score (nSPS) is 11.5. The van der Waals surface area contributed by atoms with Gasteiger partial charge in [-0.3, -0.25) is 29.9 Å². The average Bonchev–Trinajstić information content (AvgIpc) is 0.754. The Labute approximate surface area is 702 Å². The first-order valence-electron chi connectivity index (χ1n) is 37.0. The molecule has 0 fully saturated rings. The van der Waals surface area contributed by atoms with Crippen molar-refractivity contribution in [1.82, 2.24) is 49.8 Å². The number of pyridine rings is 2. The standard InChI is InChI=1S/C43H42N2.C32H30N4.C24H14N4.3Pt/c1-27-20-29(3)37(21-28(27)2)31-16-18-44-40(25-31)33-23-38-35(14-11-15-36(38)39(24-33)43(7,8)9)30-12-10-13-32(22-30)41-26-34(17-19-45-41)42(4,5)6;1-31(2,3)29-17-27(33-19-35-29)23-11-7-10-22(15-23)25-12-8-9-21-13-14-24(16-26(21)25)28-18-30(32(4,5)6)36-20-34-28;1-4-18(13-19(5-1)23-9-11-25-15-27-23)21-6-2-3-17-7-8-20(14-22(17)21)24-10-12-26-16-28-24;;;/h10-21,24-26H,1-9H3;7-14,17-20H,1-6H3;1-12,15-16H;;;/q3*-2;3*+2. The number of hydrogen-bond acceptors (Lipinski definition) is 10. The monoisotopic (exact) mass is 2000 g/mol. The molecule has 0 saturated heterocycles. The van der Waals surface area contributed by atoms with Gasteiger partial charge in [0.15, 0.2) is 0 Å². The third-order valence-corrected chi connectivity index (χ3v) is 19.8. The molecule has 13 heteroatoms. The van der Waals surface area contributed by atoms with Gasteiger partial charge in [-0.25, -0.2) is 19.9 Å². The third kappa shape index (κ3) is 18.7. The number of nitrogens with zero attached hydrogens (tertiary/aromatic N) is 10. The van der Waals surface area contributed by atoms with Gasteiger partial charge in [0.25, 0.3) is 0 Å². The maximum atomic E-state index is 4.87. The second-order valence-corrected chi connectivity index (χ2v) is 31.9. The predicted octanol–water partition coefficient (Wildman–Crippen LogP) is 24.0. The van der Waals surface area contributed by atoms with Gasteiger partial charge in [-0.2, -0.15) is 0 Å². The smallest absolute Gasteiger partial charge is 0.295 e. The molecule has 0 bridgehead atoms. The van der Waals surface area contributed by atoms with E-state index in [1.165, 1.54) is 44.3 Å². The summed E-state index contributed by atoms with van der Waals surface area (Å²) >= 11 is 0. The number of rotatable bonds is 10. The van der Waals surface area contributed by atoms with Gasteiger partial charge in [0.2, 0.25) is 0 Å². The van der Waals surface area contributed by atoms with Crippen LogP contribution in [-0.2, 0) is 84.9 Å². The summed E-state index contributed by atoms with van der Waals surface area (Å²) in [5.74, 6) is 0. The Balaban J connectivity index is 0.000000168. The number of aromatic nitrogens is 10. The van der Waals surface area contributed by atoms with Crippen molar-refractivity contribution >= 4 is 32.3 Å². The van der Waals surface area contributed by atoms with E-state index in [0.29, 0.717) is 0 Å². The van der Waals surface area contributed by atoms with E-state index >= 15 is 0 Å². The van der Waals surface area contributed by atoms with Gasteiger partial charge >= 0.3 is 63.2 Å². The zero-order chi connectivity index (χ0) is 76.4. The summed E-state index contributed by atoms with van der Waals surface area (Å²) in [6, 6.07) is 91.3. The fourth-order valence-electron chi connectivity index (χ4n) is 13.5. The van der Waals surface area contributed by atoms with Crippen molar-refractivity contribution in [2.75, 3.05) is 0 Å². The molecular formula is C99H86N10Pt3. The van der Waals surface area contributed by atoms with Gasteiger partial charge in [-0.15, -0.1) is 160 Å². The molecule has 6 aromatic heterocycles. The van der Waals surface area contributed by atoms with Crippen LogP contribution in [0, 0.1) is 57.2 Å². The minimum Gasteiger partial charge on any atom is -0.295 e. The molecule has 10 nitrogen and oxygen atoms in total. The van der Waals surface area contributed by atoms with Crippen LogP contribution in [-0.4, -0.2) is 49.8 Å². The third-order valence-electron chi connectivity index (χ3n) is 19.8. The van der Waals surface area contributed by atoms with E-state index in [9.17, 15) is 0 Å². The molecule has 0 aliphatic rings. The summed E-state index contributed by atoms with van der Waals surface area (Å²) in [5.41, 5.74) is 28.1. The first-order valence-corrected chi connectivity index (χ1v) is 37.0. The Morgan fingerprint density at radius 3 is 1.15 bits per heavy atom. The van der Waals surface area contributed by atoms with Gasteiger partial charge in [-0.05, 0) is 89.2 Å². The number of aryl methyl sites for hydroxylation is 3. The minimum atomic E-state index is -0.0775. The van der Waals surface area contributed by atoms with E-state index in [1.807, 2.05) is 48.8 Å². The van der Waals surface area contributed by atoms with E-state index in [1.54, 1.807) is 37.7 Å². The second-order valence-electron chi connectivity index (χ2n) is 31.9. The fourth-order valence-corrected chi connectivity index (χ4v) is 13.5. The topological polar surface area (TPSA) is 129 Å². The summed E-state index contributed by atoms with van der Waals surface area (Å²) in [6.07, 6.45) is 13.7. The van der Waals surface area contributed by atoms with Crippen molar-refractivity contribution in [3.8, 4) is 112 Å². The molecule has 0 N–H and O–H groups in total. The van der Waals surface area contributed by atoms with Crippen molar-refractivity contribution in [1.29, 1.82) is 0 Å². The van der Waals surface area contributed by atoms with E-state index in [-0.39, 0.29) is 84.9 Å². The first kappa shape index (κ1) is 82.6. The largest absolute Gasteiger partial charge is 2.00 e. The van der Waals surface area contributed by atoms with E-state index < -0.39 is 0 Å². The summed E-state index contributed by atoms with van der Waals surface area (Å²) in [6.45, 7) is 33.0. The molecule has 10 aromatic carbocycles. The van der Waals surface area contributed by atoms with E-state index in [0.717, 1.165) is 139 Å². The average molecular weight is 2000 g/mol. The van der Waals surface area contributed by atoms with Crippen molar-refractivity contribution < 1.29 is 63.2 Å². The van der Waals surface area contributed by atoms with Crippen LogP contribution in [0.4, 0.5) is 0 Å². The molecule has 562 valence electrons. The van der Waals surface area contributed by atoms with Crippen molar-refractivity contribution in [2.24, 2.45) is 0 Å². The van der Waals surface area contributed by atoms with Crippen LogP contribution in [0.2, 0.25) is 0 Å². The summed E-state index contributed by atoms with van der Waals surface area (Å²) in [7, 11) is 0. The van der Waals surface area contributed by atoms with Gasteiger partial charge in [-0.1, -0.05) is 240 Å². The Morgan fingerprint density at radius 1 is 0.259 bits per heavy atom. The molecule has 16 aromatic rings. The molecule has 0 radical (unpaired) electrons. The zero-order valence-corrected chi connectivity index (χ0v) is 72.4.